The number of nitrogens with one attached hydrogen (secondary N) is 2. The number of hydrogen-bond donors (Lipinski definition) is 3. The molecule has 1 amide bonds. The topological polar surface area (TPSA) is 87.5 Å². The smallest absolute Gasteiger partial charge is 0.378 e. The van der Waals surface area contributed by atoms with Crippen LogP contribution in [-0.4, -0.2) is 69.2 Å². The van der Waals surface area contributed by atoms with E-state index in [-0.39, 0.29) is 29.1 Å². The third kappa shape index (κ3) is 6.98. The van der Waals surface area contributed by atoms with Gasteiger partial charge in [-0.25, -0.2) is 4.39 Å². The Morgan fingerprint density at radius 3 is 2.60 bits per heavy atom. The predicted octanol–water partition coefficient (Wildman–Crippen LogP) is 5.27. The van der Waals surface area contributed by atoms with Crippen LogP contribution in [-0.2, 0) is 11.0 Å². The maximum atomic E-state index is 14.7. The molecular weight excluding hydrogens is 563 g/mol. The van der Waals surface area contributed by atoms with Gasteiger partial charge in [0, 0.05) is 18.4 Å². The Bertz CT molecular complexity index is 1520. The summed E-state index contributed by atoms with van der Waals surface area (Å²) in [6.45, 7) is 4.10. The summed E-state index contributed by atoms with van der Waals surface area (Å²) in [4.78, 5) is 14.1. The molecule has 4 rings (SSSR count). The molecule has 40 heavy (non-hydrogen) atoms. The van der Waals surface area contributed by atoms with E-state index in [0.717, 1.165) is 11.3 Å². The normalized spacial score (nSPS) is 18.3. The number of hydrogen-bond acceptors (Lipinski definition) is 6. The van der Waals surface area contributed by atoms with Crippen molar-refractivity contribution in [2.45, 2.75) is 31.2 Å². The lowest BCUT2D eigenvalue weighted by molar-refractivity contribution is -0.126. The summed E-state index contributed by atoms with van der Waals surface area (Å²) in [7, 11) is -0.937. The van der Waals surface area contributed by atoms with Crippen molar-refractivity contribution in [2.24, 2.45) is 5.73 Å². The molecule has 2 heterocycles. The molecule has 1 aliphatic heterocycles. The summed E-state index contributed by atoms with van der Waals surface area (Å²) in [6, 6.07) is 9.32. The van der Waals surface area contributed by atoms with E-state index in [2.05, 4.69) is 22.5 Å². The third-order valence-corrected chi connectivity index (χ3v) is 9.45. The number of amides is 1. The number of primary amides is 1. The van der Waals surface area contributed by atoms with Crippen molar-refractivity contribution in [3.05, 3.63) is 52.4 Å². The molecule has 0 spiro atoms. The Kier molecular flexibility index (Phi) is 8.83. The first kappa shape index (κ1) is 29.9. The molecule has 12 heteroatoms. The van der Waals surface area contributed by atoms with Gasteiger partial charge in [0.25, 0.3) is 5.91 Å². The second-order valence-electron chi connectivity index (χ2n) is 10.3. The summed E-state index contributed by atoms with van der Waals surface area (Å²) in [5.41, 5.74) is 6.59. The van der Waals surface area contributed by atoms with Crippen LogP contribution in [0.25, 0.3) is 10.1 Å². The van der Waals surface area contributed by atoms with E-state index in [1.54, 1.807) is 43.7 Å². The minimum Gasteiger partial charge on any atom is -0.378 e. The van der Waals surface area contributed by atoms with E-state index in [0.29, 0.717) is 39.7 Å². The summed E-state index contributed by atoms with van der Waals surface area (Å²) in [5.74, 6) is 5.00. The van der Waals surface area contributed by atoms with E-state index in [4.69, 9.17) is 5.73 Å². The van der Waals surface area contributed by atoms with Gasteiger partial charge in [-0.3, -0.25) is 4.79 Å². The van der Waals surface area contributed by atoms with Gasteiger partial charge in [-0.05, 0) is 55.9 Å². The fraction of sp³-hybridized carbons (Fsp3) is 0.393. The highest BCUT2D eigenvalue weighted by molar-refractivity contribution is 7.70. The number of anilines is 2. The molecule has 2 aromatic carbocycles. The Hall–Kier alpha value is -3.06. The van der Waals surface area contributed by atoms with Gasteiger partial charge >= 0.3 is 6.18 Å². The summed E-state index contributed by atoms with van der Waals surface area (Å²) in [5, 5.41) is 7.07. The van der Waals surface area contributed by atoms with Gasteiger partial charge in [-0.15, -0.1) is 11.3 Å². The minimum atomic E-state index is -4.46. The molecule has 2 atom stereocenters. The molecule has 4 N–H and O–H groups in total. The Balaban J connectivity index is 1.67. The van der Waals surface area contributed by atoms with Crippen LogP contribution in [0.3, 0.4) is 0 Å². The van der Waals surface area contributed by atoms with Crippen molar-refractivity contribution in [3.8, 4) is 11.8 Å². The number of alkyl halides is 4. The SMILES string of the molecule is CN1CC[C@@H](Nc2cccc3c(CC(F)(F)F)c(C#CCNc4c(C(N)=O)cccc4P(C)(C)=O)sc23)[C@@H](F)C1. The zero-order valence-electron chi connectivity index (χ0n) is 22.4. The standard InChI is InChI=1S/C28H31F4N4O2PS/c1-36-14-12-21(20(29)16-36)35-22-9-4-7-17-19(15-28(30,31)32)24(40-26(17)22)11-6-13-34-25-18(27(33)37)8-5-10-23(25)39(2,3)38/h4-5,7-10,20-21,34-35H,12-16H2,1-3H3,(H2,33,37)/t20-,21+/m0/s1. The molecule has 0 bridgehead atoms. The maximum absolute atomic E-state index is 14.7. The average Bonchev–Trinajstić information content (AvgIpc) is 3.19. The zero-order valence-corrected chi connectivity index (χ0v) is 24.1. The van der Waals surface area contributed by atoms with Crippen LogP contribution in [0.2, 0.25) is 0 Å². The van der Waals surface area contributed by atoms with Crippen molar-refractivity contribution in [1.82, 2.24) is 4.90 Å². The van der Waals surface area contributed by atoms with Crippen LogP contribution in [0.1, 0.15) is 27.2 Å². The van der Waals surface area contributed by atoms with Gasteiger partial charge in [-0.2, -0.15) is 13.2 Å². The van der Waals surface area contributed by atoms with Gasteiger partial charge in [0.2, 0.25) is 0 Å². The first-order valence-corrected chi connectivity index (χ1v) is 16.1. The number of rotatable bonds is 7. The number of carbonyl (C=O) groups excluding carboxylic acids is 1. The molecule has 6 nitrogen and oxygen atoms in total. The predicted molar refractivity (Wildman–Crippen MR) is 155 cm³/mol. The van der Waals surface area contributed by atoms with Crippen molar-refractivity contribution >= 4 is 51.2 Å². The van der Waals surface area contributed by atoms with Gasteiger partial charge in [0.1, 0.15) is 13.3 Å². The van der Waals surface area contributed by atoms with Crippen molar-refractivity contribution < 1.29 is 26.9 Å². The van der Waals surface area contributed by atoms with Crippen LogP contribution in [0.15, 0.2) is 36.4 Å². The number of likely N-dealkylation sites (tertiary alicyclic amines) is 1. The van der Waals surface area contributed by atoms with Crippen LogP contribution in [0, 0.1) is 11.8 Å². The highest BCUT2D eigenvalue weighted by Crippen LogP contribution is 2.40. The number of piperidine rings is 1. The first-order chi connectivity index (χ1) is 18.7. The van der Waals surface area contributed by atoms with Gasteiger partial charge < -0.3 is 25.8 Å². The number of fused-ring (bicyclic) bond motifs is 1. The van der Waals surface area contributed by atoms with E-state index < -0.39 is 37.9 Å². The van der Waals surface area contributed by atoms with Crippen LogP contribution >= 0.6 is 18.5 Å². The van der Waals surface area contributed by atoms with E-state index in [9.17, 15) is 26.9 Å². The molecule has 1 fully saturated rings. The Morgan fingerprint density at radius 2 is 1.95 bits per heavy atom. The fourth-order valence-electron chi connectivity index (χ4n) is 4.82. The average molecular weight is 595 g/mol. The van der Waals surface area contributed by atoms with Crippen molar-refractivity contribution in [3.63, 3.8) is 0 Å². The molecule has 1 aromatic heterocycles. The Labute approximate surface area is 234 Å². The molecule has 0 aliphatic carbocycles. The molecule has 0 radical (unpaired) electrons. The summed E-state index contributed by atoms with van der Waals surface area (Å²) < 4.78 is 68.8. The van der Waals surface area contributed by atoms with E-state index >= 15 is 0 Å². The molecule has 0 unspecified atom stereocenters. The third-order valence-electron chi connectivity index (χ3n) is 6.72. The van der Waals surface area contributed by atoms with Gasteiger partial charge in [0.15, 0.2) is 0 Å². The summed E-state index contributed by atoms with van der Waals surface area (Å²) in [6.07, 6.45) is -6.14. The molecular formula is C28H31F4N4O2PS. The van der Waals surface area contributed by atoms with E-state index in [1.807, 2.05) is 11.9 Å². The molecule has 1 saturated heterocycles. The number of nitrogens with two attached hydrogens (primary N) is 1. The lowest BCUT2D eigenvalue weighted by Crippen LogP contribution is -2.46. The zero-order chi connectivity index (χ0) is 29.2. The lowest BCUT2D eigenvalue weighted by atomic mass is 10.0. The number of carbonyl (C=O) groups is 1. The highest BCUT2D eigenvalue weighted by Gasteiger charge is 2.32. The van der Waals surface area contributed by atoms with Gasteiger partial charge in [-0.1, -0.05) is 30.0 Å². The number of halogens is 4. The van der Waals surface area contributed by atoms with Crippen molar-refractivity contribution in [2.75, 3.05) is 50.6 Å². The molecule has 3 aromatic rings. The monoisotopic (exact) mass is 594 g/mol. The van der Waals surface area contributed by atoms with E-state index in [1.165, 1.54) is 6.07 Å². The molecule has 0 saturated carbocycles. The number of nitrogens with zero attached hydrogens (tertiary/aromatic N) is 1. The lowest BCUT2D eigenvalue weighted by Gasteiger charge is -2.33. The number of benzene rings is 2. The molecule has 1 aliphatic rings. The van der Waals surface area contributed by atoms with Gasteiger partial charge in [0.05, 0.1) is 45.5 Å². The van der Waals surface area contributed by atoms with Crippen molar-refractivity contribution in [1.29, 1.82) is 0 Å². The van der Waals surface area contributed by atoms with Crippen LogP contribution < -0.4 is 21.7 Å². The highest BCUT2D eigenvalue weighted by atomic mass is 32.1. The second kappa shape index (κ2) is 11.8. The minimum absolute atomic E-state index is 0.0266. The quantitative estimate of drug-likeness (QED) is 0.197. The maximum Gasteiger partial charge on any atom is 0.393 e. The van der Waals surface area contributed by atoms with Crippen LogP contribution in [0.4, 0.5) is 28.9 Å². The summed E-state index contributed by atoms with van der Waals surface area (Å²) >= 11 is 1.13. The van der Waals surface area contributed by atoms with Crippen LogP contribution in [0.5, 0.6) is 0 Å². The number of para-hydroxylation sites is 1. The fourth-order valence-corrected chi connectivity index (χ4v) is 7.17. The Morgan fingerprint density at radius 1 is 1.23 bits per heavy atom. The second-order valence-corrected chi connectivity index (χ2v) is 14.5. The molecule has 214 valence electrons. The first-order valence-electron chi connectivity index (χ1n) is 12.7. The largest absolute Gasteiger partial charge is 0.393 e. The number of thiophene rings is 1.